The molecule has 1 aromatic carbocycles. The van der Waals surface area contributed by atoms with Crippen molar-refractivity contribution in [2.24, 2.45) is 0 Å². The van der Waals surface area contributed by atoms with Crippen LogP contribution in [0.5, 0.6) is 0 Å². The van der Waals surface area contributed by atoms with Gasteiger partial charge in [-0.3, -0.25) is 4.98 Å². The Hall–Kier alpha value is -2.09. The molecule has 3 aromatic rings. The normalized spacial score (nSPS) is 12.0. The molecule has 3 rings (SSSR count). The van der Waals surface area contributed by atoms with Gasteiger partial charge in [0, 0.05) is 11.9 Å². The number of nitrogens with zero attached hydrogens (tertiary/aromatic N) is 2. The molecule has 2 aromatic heterocycles. The van der Waals surface area contributed by atoms with E-state index < -0.39 is 0 Å². The van der Waals surface area contributed by atoms with Gasteiger partial charge in [0.25, 0.3) is 0 Å². The lowest BCUT2D eigenvalue weighted by Gasteiger charge is -2.16. The summed E-state index contributed by atoms with van der Waals surface area (Å²) in [5.74, 6) is 0. The van der Waals surface area contributed by atoms with Crippen LogP contribution in [0, 0.1) is 11.3 Å². The first kappa shape index (κ1) is 13.9. The van der Waals surface area contributed by atoms with Crippen molar-refractivity contribution in [2.75, 3.05) is 5.32 Å². The van der Waals surface area contributed by atoms with Gasteiger partial charge in [-0.25, -0.2) is 0 Å². The van der Waals surface area contributed by atoms with Crippen LogP contribution in [0.1, 0.15) is 24.1 Å². The average Bonchev–Trinajstić information content (AvgIpc) is 2.94. The fourth-order valence-corrected chi connectivity index (χ4v) is 3.14. The highest BCUT2D eigenvalue weighted by Crippen LogP contribution is 2.26. The summed E-state index contributed by atoms with van der Waals surface area (Å²) in [6.07, 6.45) is 1.89. The maximum atomic E-state index is 8.89. The van der Waals surface area contributed by atoms with Crippen LogP contribution in [0.25, 0.3) is 10.2 Å². The predicted molar refractivity (Wildman–Crippen MR) is 87.8 cm³/mol. The first-order valence-electron chi connectivity index (χ1n) is 6.46. The van der Waals surface area contributed by atoms with Crippen LogP contribution >= 0.6 is 22.9 Å². The van der Waals surface area contributed by atoms with Gasteiger partial charge in [0.1, 0.15) is 6.07 Å². The monoisotopic (exact) mass is 313 g/mol. The van der Waals surface area contributed by atoms with Gasteiger partial charge in [-0.15, -0.1) is 11.3 Å². The summed E-state index contributed by atoms with van der Waals surface area (Å²) in [6.45, 7) is 2.07. The Labute approximate surface area is 131 Å². The number of thiophene rings is 1. The zero-order valence-electron chi connectivity index (χ0n) is 11.3. The molecular weight excluding hydrogens is 302 g/mol. The van der Waals surface area contributed by atoms with Crippen molar-refractivity contribution in [3.05, 3.63) is 58.1 Å². The van der Waals surface area contributed by atoms with Gasteiger partial charge < -0.3 is 5.32 Å². The molecule has 0 amide bonds. The highest BCUT2D eigenvalue weighted by atomic mass is 35.5. The van der Waals surface area contributed by atoms with Gasteiger partial charge in [-0.05, 0) is 48.2 Å². The molecule has 3 nitrogen and oxygen atoms in total. The Balaban J connectivity index is 1.83. The zero-order valence-corrected chi connectivity index (χ0v) is 12.9. The predicted octanol–water partition coefficient (Wildman–Crippen LogP) is 4.99. The number of anilines is 1. The molecule has 0 radical (unpaired) electrons. The van der Waals surface area contributed by atoms with Crippen LogP contribution in [0.3, 0.4) is 0 Å². The summed E-state index contributed by atoms with van der Waals surface area (Å²) in [5, 5.41) is 14.8. The number of fused-ring (bicyclic) bond motifs is 1. The number of nitrogens with one attached hydrogen (secondary N) is 1. The van der Waals surface area contributed by atoms with Crippen LogP contribution in [-0.4, -0.2) is 4.98 Å². The van der Waals surface area contributed by atoms with E-state index in [1.165, 1.54) is 4.70 Å². The van der Waals surface area contributed by atoms with E-state index >= 15 is 0 Å². The van der Waals surface area contributed by atoms with Crippen molar-refractivity contribution < 1.29 is 0 Å². The number of benzene rings is 1. The molecule has 21 heavy (non-hydrogen) atoms. The second kappa shape index (κ2) is 5.72. The topological polar surface area (TPSA) is 48.7 Å². The van der Waals surface area contributed by atoms with E-state index in [0.29, 0.717) is 10.6 Å². The highest BCUT2D eigenvalue weighted by Gasteiger charge is 2.09. The summed E-state index contributed by atoms with van der Waals surface area (Å²) in [7, 11) is 0. The standard InChI is InChI=1S/C16H12ClN3S/c1-10(12-6-16-15(19-9-12)4-5-21-16)20-13-3-2-11(8-18)14(17)7-13/h2-7,9-10,20H,1H3. The van der Waals surface area contributed by atoms with Gasteiger partial charge >= 0.3 is 0 Å². The largest absolute Gasteiger partial charge is 0.378 e. The van der Waals surface area contributed by atoms with E-state index in [1.807, 2.05) is 23.7 Å². The lowest BCUT2D eigenvalue weighted by atomic mass is 10.1. The van der Waals surface area contributed by atoms with Crippen LogP contribution in [0.15, 0.2) is 41.9 Å². The molecule has 1 unspecified atom stereocenters. The summed E-state index contributed by atoms with van der Waals surface area (Å²) in [5.41, 5.74) is 3.51. The third kappa shape index (κ3) is 2.85. The molecule has 104 valence electrons. The van der Waals surface area contributed by atoms with Gasteiger partial charge in [-0.1, -0.05) is 11.6 Å². The summed E-state index contributed by atoms with van der Waals surface area (Å²) >= 11 is 7.73. The minimum atomic E-state index is 0.105. The van der Waals surface area contributed by atoms with E-state index in [0.717, 1.165) is 16.8 Å². The number of hydrogen-bond acceptors (Lipinski definition) is 4. The smallest absolute Gasteiger partial charge is 0.101 e. The number of rotatable bonds is 3. The maximum absolute atomic E-state index is 8.89. The second-order valence-corrected chi connectivity index (χ2v) is 6.10. The van der Waals surface area contributed by atoms with Crippen LogP contribution in [0.4, 0.5) is 5.69 Å². The third-order valence-corrected chi connectivity index (χ3v) is 4.46. The van der Waals surface area contributed by atoms with E-state index in [9.17, 15) is 0 Å². The van der Waals surface area contributed by atoms with Crippen molar-refractivity contribution >= 4 is 38.8 Å². The van der Waals surface area contributed by atoms with Crippen molar-refractivity contribution in [3.63, 3.8) is 0 Å². The lowest BCUT2D eigenvalue weighted by molar-refractivity contribution is 0.880. The summed E-state index contributed by atoms with van der Waals surface area (Å²) in [4.78, 5) is 4.45. The Morgan fingerprint density at radius 3 is 2.95 bits per heavy atom. The molecule has 0 bridgehead atoms. The SMILES string of the molecule is CC(Nc1ccc(C#N)c(Cl)c1)c1cnc2ccsc2c1. The Kier molecular flexibility index (Phi) is 3.78. The van der Waals surface area contributed by atoms with Gasteiger partial charge in [0.2, 0.25) is 0 Å². The van der Waals surface area contributed by atoms with Crippen molar-refractivity contribution in [1.29, 1.82) is 5.26 Å². The highest BCUT2D eigenvalue weighted by molar-refractivity contribution is 7.17. The Bertz CT molecular complexity index is 835. The lowest BCUT2D eigenvalue weighted by Crippen LogP contribution is -2.06. The molecule has 5 heteroatoms. The first-order valence-corrected chi connectivity index (χ1v) is 7.72. The number of nitriles is 1. The fraction of sp³-hybridized carbons (Fsp3) is 0.125. The van der Waals surface area contributed by atoms with Crippen LogP contribution in [-0.2, 0) is 0 Å². The Morgan fingerprint density at radius 1 is 1.33 bits per heavy atom. The van der Waals surface area contributed by atoms with E-state index in [1.54, 1.807) is 23.5 Å². The van der Waals surface area contributed by atoms with Gasteiger partial charge in [-0.2, -0.15) is 5.26 Å². The molecule has 0 spiro atoms. The van der Waals surface area contributed by atoms with Gasteiger partial charge in [0.05, 0.1) is 26.8 Å². The molecule has 0 aliphatic heterocycles. The number of halogens is 1. The van der Waals surface area contributed by atoms with Crippen LogP contribution in [0.2, 0.25) is 5.02 Å². The fourth-order valence-electron chi connectivity index (χ4n) is 2.13. The number of aromatic nitrogens is 1. The van der Waals surface area contributed by atoms with E-state index in [2.05, 4.69) is 29.4 Å². The molecule has 1 N–H and O–H groups in total. The van der Waals surface area contributed by atoms with Crippen molar-refractivity contribution in [2.45, 2.75) is 13.0 Å². The quantitative estimate of drug-likeness (QED) is 0.740. The molecule has 1 atom stereocenters. The van der Waals surface area contributed by atoms with E-state index in [4.69, 9.17) is 16.9 Å². The minimum Gasteiger partial charge on any atom is -0.378 e. The molecule has 2 heterocycles. The molecule has 0 fully saturated rings. The minimum absolute atomic E-state index is 0.105. The number of hydrogen-bond donors (Lipinski definition) is 1. The van der Waals surface area contributed by atoms with Crippen molar-refractivity contribution in [3.8, 4) is 6.07 Å². The van der Waals surface area contributed by atoms with E-state index in [-0.39, 0.29) is 6.04 Å². The number of pyridine rings is 1. The summed E-state index contributed by atoms with van der Waals surface area (Å²) < 4.78 is 1.18. The van der Waals surface area contributed by atoms with Crippen molar-refractivity contribution in [1.82, 2.24) is 4.98 Å². The molecular formula is C16H12ClN3S. The molecule has 0 saturated carbocycles. The molecule has 0 aliphatic rings. The third-order valence-electron chi connectivity index (χ3n) is 3.30. The van der Waals surface area contributed by atoms with Gasteiger partial charge in [0.15, 0.2) is 0 Å². The molecule has 0 saturated heterocycles. The zero-order chi connectivity index (χ0) is 14.8. The van der Waals surface area contributed by atoms with Crippen LogP contribution < -0.4 is 5.32 Å². The Morgan fingerprint density at radius 2 is 2.19 bits per heavy atom. The second-order valence-electron chi connectivity index (χ2n) is 4.75. The summed E-state index contributed by atoms with van der Waals surface area (Å²) in [6, 6.07) is 11.7. The molecule has 0 aliphatic carbocycles. The first-order chi connectivity index (χ1) is 10.2. The average molecular weight is 314 g/mol. The maximum Gasteiger partial charge on any atom is 0.101 e.